The van der Waals surface area contributed by atoms with Gasteiger partial charge in [-0.2, -0.15) is 0 Å². The SMILES string of the molecule is Cc1cc(OCc2cc(F)ccc2F)ccc1F. The van der Waals surface area contributed by atoms with E-state index < -0.39 is 11.6 Å². The summed E-state index contributed by atoms with van der Waals surface area (Å²) >= 11 is 0. The lowest BCUT2D eigenvalue weighted by molar-refractivity contribution is 0.298. The van der Waals surface area contributed by atoms with Crippen molar-refractivity contribution in [1.29, 1.82) is 0 Å². The molecule has 0 radical (unpaired) electrons. The van der Waals surface area contributed by atoms with Crippen molar-refractivity contribution in [2.75, 3.05) is 0 Å². The van der Waals surface area contributed by atoms with E-state index in [1.165, 1.54) is 18.2 Å². The highest BCUT2D eigenvalue weighted by atomic mass is 19.1. The van der Waals surface area contributed by atoms with Crippen molar-refractivity contribution in [3.05, 3.63) is 65.0 Å². The lowest BCUT2D eigenvalue weighted by atomic mass is 10.2. The normalized spacial score (nSPS) is 10.4. The van der Waals surface area contributed by atoms with Gasteiger partial charge in [0.25, 0.3) is 0 Å². The molecule has 0 saturated heterocycles. The summed E-state index contributed by atoms with van der Waals surface area (Å²) < 4.78 is 44.5. The van der Waals surface area contributed by atoms with Crippen LogP contribution in [-0.4, -0.2) is 0 Å². The molecule has 0 aliphatic rings. The molecule has 0 spiro atoms. The molecule has 94 valence electrons. The van der Waals surface area contributed by atoms with Gasteiger partial charge in [0.1, 0.15) is 29.8 Å². The second kappa shape index (κ2) is 5.12. The topological polar surface area (TPSA) is 9.23 Å². The van der Waals surface area contributed by atoms with Crippen LogP contribution < -0.4 is 4.74 Å². The van der Waals surface area contributed by atoms with Crippen LogP contribution >= 0.6 is 0 Å². The molecule has 4 heteroatoms. The molecule has 0 atom stereocenters. The second-order valence-corrected chi connectivity index (χ2v) is 3.94. The van der Waals surface area contributed by atoms with Gasteiger partial charge in [0, 0.05) is 5.56 Å². The zero-order valence-corrected chi connectivity index (χ0v) is 9.71. The Morgan fingerprint density at radius 2 is 1.67 bits per heavy atom. The van der Waals surface area contributed by atoms with E-state index in [-0.39, 0.29) is 18.0 Å². The fraction of sp³-hybridized carbons (Fsp3) is 0.143. The lowest BCUT2D eigenvalue weighted by Gasteiger charge is -2.08. The van der Waals surface area contributed by atoms with Gasteiger partial charge in [-0.25, -0.2) is 13.2 Å². The largest absolute Gasteiger partial charge is 0.489 e. The van der Waals surface area contributed by atoms with Gasteiger partial charge in [-0.15, -0.1) is 0 Å². The molecule has 0 aliphatic carbocycles. The van der Waals surface area contributed by atoms with E-state index in [0.717, 1.165) is 18.2 Å². The van der Waals surface area contributed by atoms with Crippen molar-refractivity contribution >= 4 is 0 Å². The van der Waals surface area contributed by atoms with Crippen molar-refractivity contribution in [3.63, 3.8) is 0 Å². The van der Waals surface area contributed by atoms with Crippen LogP contribution in [0.1, 0.15) is 11.1 Å². The molecule has 0 saturated carbocycles. The second-order valence-electron chi connectivity index (χ2n) is 3.94. The summed E-state index contributed by atoms with van der Waals surface area (Å²) in [5.74, 6) is -0.975. The van der Waals surface area contributed by atoms with E-state index in [2.05, 4.69) is 0 Å². The van der Waals surface area contributed by atoms with Crippen LogP contribution in [0.5, 0.6) is 5.75 Å². The number of benzene rings is 2. The van der Waals surface area contributed by atoms with Crippen molar-refractivity contribution in [2.45, 2.75) is 13.5 Å². The average Bonchev–Trinajstić information content (AvgIpc) is 2.34. The zero-order valence-electron chi connectivity index (χ0n) is 9.71. The Labute approximate surface area is 103 Å². The van der Waals surface area contributed by atoms with E-state index >= 15 is 0 Å². The fourth-order valence-corrected chi connectivity index (χ4v) is 1.52. The van der Waals surface area contributed by atoms with Gasteiger partial charge < -0.3 is 4.74 Å². The van der Waals surface area contributed by atoms with E-state index in [1.807, 2.05) is 0 Å². The predicted octanol–water partition coefficient (Wildman–Crippen LogP) is 3.99. The summed E-state index contributed by atoms with van der Waals surface area (Å²) in [6, 6.07) is 7.38. The maximum atomic E-state index is 13.3. The Morgan fingerprint density at radius 3 is 2.39 bits per heavy atom. The standard InChI is InChI=1S/C14H11F3O/c1-9-6-12(3-5-13(9)16)18-8-10-7-11(15)2-4-14(10)17/h2-7H,8H2,1H3. The van der Waals surface area contributed by atoms with Crippen LogP contribution in [0.15, 0.2) is 36.4 Å². The number of hydrogen-bond donors (Lipinski definition) is 0. The van der Waals surface area contributed by atoms with Crippen LogP contribution in [0.3, 0.4) is 0 Å². The molecule has 1 nitrogen and oxygen atoms in total. The molecule has 2 aromatic rings. The Hall–Kier alpha value is -1.97. The van der Waals surface area contributed by atoms with Crippen molar-refractivity contribution in [1.82, 2.24) is 0 Å². The molecule has 18 heavy (non-hydrogen) atoms. The molecule has 0 aromatic heterocycles. The molecule has 0 fully saturated rings. The summed E-state index contributed by atoms with van der Waals surface area (Å²) in [5.41, 5.74) is 0.559. The first-order chi connectivity index (χ1) is 8.56. The van der Waals surface area contributed by atoms with Crippen molar-refractivity contribution in [2.24, 2.45) is 0 Å². The van der Waals surface area contributed by atoms with E-state index in [9.17, 15) is 13.2 Å². The number of hydrogen-bond acceptors (Lipinski definition) is 1. The first-order valence-electron chi connectivity index (χ1n) is 5.39. The average molecular weight is 252 g/mol. The first-order valence-corrected chi connectivity index (χ1v) is 5.39. The molecule has 0 aliphatic heterocycles. The molecular weight excluding hydrogens is 241 g/mol. The first kappa shape index (κ1) is 12.5. The quantitative estimate of drug-likeness (QED) is 0.802. The smallest absolute Gasteiger partial charge is 0.130 e. The molecule has 0 amide bonds. The zero-order chi connectivity index (χ0) is 13.1. The summed E-state index contributed by atoms with van der Waals surface area (Å²) in [5, 5.41) is 0. The Kier molecular flexibility index (Phi) is 3.55. The Bertz CT molecular complexity index is 567. The number of rotatable bonds is 3. The van der Waals surface area contributed by atoms with Crippen molar-refractivity contribution in [3.8, 4) is 5.75 Å². The number of halogens is 3. The maximum absolute atomic E-state index is 13.3. The monoisotopic (exact) mass is 252 g/mol. The van der Waals surface area contributed by atoms with E-state index in [0.29, 0.717) is 11.3 Å². The lowest BCUT2D eigenvalue weighted by Crippen LogP contribution is -1.99. The summed E-state index contributed by atoms with van der Waals surface area (Å²) in [7, 11) is 0. The molecule has 2 aromatic carbocycles. The van der Waals surface area contributed by atoms with Crippen LogP contribution in [0.25, 0.3) is 0 Å². The van der Waals surface area contributed by atoms with Gasteiger partial charge in [0.05, 0.1) is 0 Å². The van der Waals surface area contributed by atoms with Crippen LogP contribution in [0.4, 0.5) is 13.2 Å². The maximum Gasteiger partial charge on any atom is 0.130 e. The fourth-order valence-electron chi connectivity index (χ4n) is 1.52. The van der Waals surface area contributed by atoms with Gasteiger partial charge in [-0.3, -0.25) is 0 Å². The third-order valence-electron chi connectivity index (χ3n) is 2.53. The molecule has 0 heterocycles. The van der Waals surface area contributed by atoms with Gasteiger partial charge in [0.15, 0.2) is 0 Å². The van der Waals surface area contributed by atoms with Crippen LogP contribution in [0, 0.1) is 24.4 Å². The molecule has 0 N–H and O–H groups in total. The molecule has 0 unspecified atom stereocenters. The van der Waals surface area contributed by atoms with E-state index in [1.54, 1.807) is 6.92 Å². The van der Waals surface area contributed by atoms with Crippen molar-refractivity contribution < 1.29 is 17.9 Å². The highest BCUT2D eigenvalue weighted by Crippen LogP contribution is 2.18. The summed E-state index contributed by atoms with van der Waals surface area (Å²) in [6.07, 6.45) is 0. The van der Waals surface area contributed by atoms with Gasteiger partial charge >= 0.3 is 0 Å². The summed E-state index contributed by atoms with van der Waals surface area (Å²) in [4.78, 5) is 0. The third kappa shape index (κ3) is 2.83. The predicted molar refractivity (Wildman–Crippen MR) is 61.8 cm³/mol. The minimum absolute atomic E-state index is 0.103. The Morgan fingerprint density at radius 1 is 0.944 bits per heavy atom. The minimum atomic E-state index is -0.532. The number of aryl methyl sites for hydroxylation is 1. The minimum Gasteiger partial charge on any atom is -0.489 e. The van der Waals surface area contributed by atoms with E-state index in [4.69, 9.17) is 4.74 Å². The van der Waals surface area contributed by atoms with Gasteiger partial charge in [-0.05, 0) is 48.9 Å². The Balaban J connectivity index is 2.11. The van der Waals surface area contributed by atoms with Crippen LogP contribution in [0.2, 0.25) is 0 Å². The van der Waals surface area contributed by atoms with Crippen LogP contribution in [-0.2, 0) is 6.61 Å². The third-order valence-corrected chi connectivity index (χ3v) is 2.53. The van der Waals surface area contributed by atoms with Gasteiger partial charge in [-0.1, -0.05) is 0 Å². The molecule has 2 rings (SSSR count). The highest BCUT2D eigenvalue weighted by Gasteiger charge is 2.05. The van der Waals surface area contributed by atoms with Gasteiger partial charge in [0.2, 0.25) is 0 Å². The molecular formula is C14H11F3O. The number of ether oxygens (including phenoxy) is 1. The molecule has 0 bridgehead atoms. The highest BCUT2D eigenvalue weighted by molar-refractivity contribution is 5.29. The summed E-state index contributed by atoms with van der Waals surface area (Å²) in [6.45, 7) is 1.50.